The van der Waals surface area contributed by atoms with Crippen molar-refractivity contribution in [2.75, 3.05) is 13.6 Å². The maximum atomic E-state index is 4.73. The minimum absolute atomic E-state index is 0.379. The Kier molecular flexibility index (Phi) is 5.17. The molecule has 2 N–H and O–H groups in total. The zero-order valence-electron chi connectivity index (χ0n) is 14.7. The molecule has 0 spiro atoms. The van der Waals surface area contributed by atoms with Crippen LogP contribution < -0.4 is 10.6 Å². The van der Waals surface area contributed by atoms with Crippen molar-refractivity contribution in [2.45, 2.75) is 51.7 Å². The molecule has 0 saturated heterocycles. The molecule has 0 saturated carbocycles. The average Bonchev–Trinajstić information content (AvgIpc) is 3.22. The largest absolute Gasteiger partial charge is 0.355 e. The van der Waals surface area contributed by atoms with E-state index >= 15 is 0 Å². The van der Waals surface area contributed by atoms with E-state index in [1.807, 2.05) is 24.0 Å². The summed E-state index contributed by atoms with van der Waals surface area (Å²) in [5.74, 6) is 0.846. The number of hydrogen-bond acceptors (Lipinski definition) is 3. The van der Waals surface area contributed by atoms with Crippen molar-refractivity contribution in [3.8, 4) is 0 Å². The first kappa shape index (κ1) is 16.5. The summed E-state index contributed by atoms with van der Waals surface area (Å²) < 4.78 is 3.98. The molecule has 0 bridgehead atoms. The number of guanidine groups is 1. The van der Waals surface area contributed by atoms with Crippen LogP contribution in [0.2, 0.25) is 0 Å². The second-order valence-corrected chi connectivity index (χ2v) is 6.53. The summed E-state index contributed by atoms with van der Waals surface area (Å²) in [6.45, 7) is 5.95. The van der Waals surface area contributed by atoms with Crippen LogP contribution >= 0.6 is 0 Å². The van der Waals surface area contributed by atoms with Gasteiger partial charge in [0.15, 0.2) is 5.96 Å². The third-order valence-corrected chi connectivity index (χ3v) is 4.38. The van der Waals surface area contributed by atoms with Gasteiger partial charge in [-0.1, -0.05) is 0 Å². The maximum absolute atomic E-state index is 4.73. The lowest BCUT2D eigenvalue weighted by atomic mass is 9.94. The van der Waals surface area contributed by atoms with Gasteiger partial charge in [-0.05, 0) is 38.3 Å². The molecular weight excluding hydrogens is 302 g/mol. The number of fused-ring (bicyclic) bond motifs is 1. The Morgan fingerprint density at radius 2 is 2.33 bits per heavy atom. The van der Waals surface area contributed by atoms with E-state index in [9.17, 15) is 0 Å². The molecule has 24 heavy (non-hydrogen) atoms. The van der Waals surface area contributed by atoms with Crippen molar-refractivity contribution >= 4 is 5.96 Å². The molecule has 0 aromatic carbocycles. The Labute approximate surface area is 143 Å². The van der Waals surface area contributed by atoms with E-state index < -0.39 is 0 Å². The van der Waals surface area contributed by atoms with Crippen molar-refractivity contribution in [3.05, 3.63) is 35.9 Å². The van der Waals surface area contributed by atoms with Gasteiger partial charge in [0.25, 0.3) is 0 Å². The third kappa shape index (κ3) is 3.96. The Morgan fingerprint density at radius 3 is 3.04 bits per heavy atom. The van der Waals surface area contributed by atoms with Crippen LogP contribution in [0.4, 0.5) is 0 Å². The molecule has 2 aromatic rings. The van der Waals surface area contributed by atoms with E-state index in [-0.39, 0.29) is 0 Å². The topological polar surface area (TPSA) is 72.1 Å². The van der Waals surface area contributed by atoms with Crippen molar-refractivity contribution in [2.24, 2.45) is 4.99 Å². The van der Waals surface area contributed by atoms with Gasteiger partial charge in [-0.2, -0.15) is 10.2 Å². The fourth-order valence-electron chi connectivity index (χ4n) is 3.01. The molecule has 2 aromatic heterocycles. The molecule has 0 fully saturated rings. The van der Waals surface area contributed by atoms with Crippen LogP contribution in [0, 0.1) is 0 Å². The molecule has 2 heterocycles. The summed E-state index contributed by atoms with van der Waals surface area (Å²) in [5, 5.41) is 15.8. The summed E-state index contributed by atoms with van der Waals surface area (Å²) in [6, 6.07) is 2.73. The summed E-state index contributed by atoms with van der Waals surface area (Å²) in [4.78, 5) is 4.33. The normalized spacial score (nSPS) is 17.8. The highest BCUT2D eigenvalue weighted by Crippen LogP contribution is 2.21. The molecule has 130 valence electrons. The predicted molar refractivity (Wildman–Crippen MR) is 95.1 cm³/mol. The number of aryl methyl sites for hydroxylation is 1. The van der Waals surface area contributed by atoms with Gasteiger partial charge in [0.1, 0.15) is 0 Å². The Hall–Kier alpha value is -2.31. The average molecular weight is 329 g/mol. The molecule has 0 aliphatic heterocycles. The highest BCUT2D eigenvalue weighted by Gasteiger charge is 2.22. The fourth-order valence-corrected chi connectivity index (χ4v) is 3.01. The highest BCUT2D eigenvalue weighted by atomic mass is 15.3. The van der Waals surface area contributed by atoms with Gasteiger partial charge < -0.3 is 10.6 Å². The maximum Gasteiger partial charge on any atom is 0.191 e. The number of aromatic nitrogens is 4. The molecule has 1 aliphatic rings. The van der Waals surface area contributed by atoms with Crippen LogP contribution in [0.1, 0.15) is 37.6 Å². The number of aliphatic imine (C=N–C) groups is 1. The molecule has 0 amide bonds. The van der Waals surface area contributed by atoms with E-state index in [2.05, 4.69) is 45.5 Å². The summed E-state index contributed by atoms with van der Waals surface area (Å²) in [5.41, 5.74) is 2.61. The highest BCUT2D eigenvalue weighted by molar-refractivity contribution is 5.80. The molecule has 0 radical (unpaired) electrons. The predicted octanol–water partition coefficient (Wildman–Crippen LogP) is 1.38. The monoisotopic (exact) mass is 329 g/mol. The molecule has 1 aliphatic carbocycles. The number of nitrogens with zero attached hydrogens (tertiary/aromatic N) is 5. The van der Waals surface area contributed by atoms with Gasteiger partial charge in [-0.25, -0.2) is 0 Å². The van der Waals surface area contributed by atoms with Crippen LogP contribution in [0.3, 0.4) is 0 Å². The lowest BCUT2D eigenvalue weighted by Gasteiger charge is -2.24. The van der Waals surface area contributed by atoms with Crippen molar-refractivity contribution < 1.29 is 0 Å². The second kappa shape index (κ2) is 7.51. The third-order valence-electron chi connectivity index (χ3n) is 4.38. The van der Waals surface area contributed by atoms with Gasteiger partial charge in [0.05, 0.1) is 12.2 Å². The van der Waals surface area contributed by atoms with Gasteiger partial charge in [0.2, 0.25) is 0 Å². The van der Waals surface area contributed by atoms with E-state index in [1.54, 1.807) is 6.20 Å². The van der Waals surface area contributed by atoms with E-state index in [4.69, 9.17) is 5.10 Å². The Morgan fingerprint density at radius 1 is 1.46 bits per heavy atom. The molecule has 7 nitrogen and oxygen atoms in total. The van der Waals surface area contributed by atoms with Crippen molar-refractivity contribution in [1.29, 1.82) is 0 Å². The van der Waals surface area contributed by atoms with E-state index in [0.717, 1.165) is 38.3 Å². The number of nitrogens with one attached hydrogen (secondary N) is 2. The summed E-state index contributed by atoms with van der Waals surface area (Å²) in [6.07, 6.45) is 9.09. The van der Waals surface area contributed by atoms with Crippen LogP contribution in [0.25, 0.3) is 0 Å². The Balaban J connectivity index is 1.51. The van der Waals surface area contributed by atoms with Crippen LogP contribution in [0.5, 0.6) is 0 Å². The van der Waals surface area contributed by atoms with Gasteiger partial charge in [0, 0.05) is 50.7 Å². The Bertz CT molecular complexity index is 669. The zero-order valence-corrected chi connectivity index (χ0v) is 14.7. The number of hydrogen-bond donors (Lipinski definition) is 2. The van der Waals surface area contributed by atoms with Crippen molar-refractivity contribution in [1.82, 2.24) is 30.2 Å². The smallest absolute Gasteiger partial charge is 0.191 e. The molecule has 1 atom stereocenters. The molecule has 7 heteroatoms. The second-order valence-electron chi connectivity index (χ2n) is 6.53. The fraction of sp³-hybridized carbons (Fsp3) is 0.588. The first-order valence-electron chi connectivity index (χ1n) is 8.67. The minimum Gasteiger partial charge on any atom is -0.355 e. The lowest BCUT2D eigenvalue weighted by molar-refractivity contribution is 0.497. The molecule has 1 unspecified atom stereocenters. The van der Waals surface area contributed by atoms with Gasteiger partial charge >= 0.3 is 0 Å². The van der Waals surface area contributed by atoms with Gasteiger partial charge in [-0.3, -0.25) is 14.4 Å². The van der Waals surface area contributed by atoms with Crippen molar-refractivity contribution in [3.63, 3.8) is 0 Å². The number of rotatable bonds is 5. The summed E-state index contributed by atoms with van der Waals surface area (Å²) >= 11 is 0. The van der Waals surface area contributed by atoms with E-state index in [1.165, 1.54) is 11.3 Å². The van der Waals surface area contributed by atoms with Crippen LogP contribution in [-0.2, 0) is 19.4 Å². The molecule has 3 rings (SSSR count). The first-order chi connectivity index (χ1) is 11.7. The SMILES string of the molecule is CN=C(NCCn1cccn1)NC1CCc2cn(C(C)C)nc2C1. The quantitative estimate of drug-likeness (QED) is 0.642. The first-order valence-corrected chi connectivity index (χ1v) is 8.67. The standard InChI is InChI=1S/C17H27N7/c1-13(2)24-12-14-5-6-15(11-16(14)22-24)21-17(18-3)19-8-10-23-9-4-7-20-23/h4,7,9,12-13,15H,5-6,8,10-11H2,1-3H3,(H2,18,19,21). The summed E-state index contributed by atoms with van der Waals surface area (Å²) in [7, 11) is 1.81. The zero-order chi connectivity index (χ0) is 16.9. The van der Waals surface area contributed by atoms with Crippen LogP contribution in [0.15, 0.2) is 29.6 Å². The van der Waals surface area contributed by atoms with Gasteiger partial charge in [-0.15, -0.1) is 0 Å². The van der Waals surface area contributed by atoms with E-state index in [0.29, 0.717) is 12.1 Å². The lowest BCUT2D eigenvalue weighted by Crippen LogP contribution is -2.46. The molecular formula is C17H27N7. The van der Waals surface area contributed by atoms with Crippen LogP contribution in [-0.4, -0.2) is 45.2 Å². The minimum atomic E-state index is 0.379.